The van der Waals surface area contributed by atoms with Crippen molar-refractivity contribution in [3.05, 3.63) is 71.8 Å². The minimum absolute atomic E-state index is 0.396. The first-order valence-corrected chi connectivity index (χ1v) is 7.86. The molecule has 1 aliphatic heterocycles. The van der Waals surface area contributed by atoms with Crippen molar-refractivity contribution >= 4 is 0 Å². The number of pyridine rings is 2. The molecule has 0 amide bonds. The maximum absolute atomic E-state index is 13.7. The predicted octanol–water partition coefficient (Wildman–Crippen LogP) is 2.63. The second-order valence-electron chi connectivity index (χ2n) is 5.82. The minimum atomic E-state index is -0.396. The number of nitrogens with zero attached hydrogens (tertiary/aromatic N) is 5. The quantitative estimate of drug-likeness (QED) is 0.694. The van der Waals surface area contributed by atoms with E-state index in [2.05, 4.69) is 19.9 Å². The number of hydrogen-bond donors (Lipinski definition) is 0. The van der Waals surface area contributed by atoms with Gasteiger partial charge >= 0.3 is 0 Å². The van der Waals surface area contributed by atoms with Gasteiger partial charge in [-0.3, -0.25) is 9.88 Å². The first-order valence-electron chi connectivity index (χ1n) is 7.86. The van der Waals surface area contributed by atoms with E-state index in [0.29, 0.717) is 12.1 Å². The molecule has 0 bridgehead atoms. The summed E-state index contributed by atoms with van der Waals surface area (Å²) in [6.07, 6.45) is 7.66. The van der Waals surface area contributed by atoms with Crippen LogP contribution in [0.2, 0.25) is 0 Å². The molecular formula is C18H16FN5. The Morgan fingerprint density at radius 3 is 2.79 bits per heavy atom. The average Bonchev–Trinajstić information content (AvgIpc) is 2.64. The van der Waals surface area contributed by atoms with Crippen LogP contribution >= 0.6 is 0 Å². The third kappa shape index (κ3) is 3.00. The van der Waals surface area contributed by atoms with Crippen molar-refractivity contribution in [3.8, 4) is 11.4 Å². The SMILES string of the molecule is Fc1ncccc1CN1CCc2nc(-c3ccncc3)ncc2C1. The maximum Gasteiger partial charge on any atom is 0.217 e. The fraction of sp³-hybridized carbons (Fsp3) is 0.222. The van der Waals surface area contributed by atoms with Crippen molar-refractivity contribution in [3.63, 3.8) is 0 Å². The van der Waals surface area contributed by atoms with Crippen molar-refractivity contribution in [2.75, 3.05) is 6.54 Å². The molecule has 6 heteroatoms. The molecule has 0 aliphatic carbocycles. The van der Waals surface area contributed by atoms with Crippen LogP contribution in [0.25, 0.3) is 11.4 Å². The van der Waals surface area contributed by atoms with Crippen LogP contribution in [-0.4, -0.2) is 31.4 Å². The number of aromatic nitrogens is 4. The zero-order chi connectivity index (χ0) is 16.4. The van der Waals surface area contributed by atoms with E-state index in [1.165, 1.54) is 6.20 Å². The highest BCUT2D eigenvalue weighted by Crippen LogP contribution is 2.22. The van der Waals surface area contributed by atoms with Crippen LogP contribution in [0.3, 0.4) is 0 Å². The average molecular weight is 321 g/mol. The molecule has 3 aromatic rings. The predicted molar refractivity (Wildman–Crippen MR) is 87.3 cm³/mol. The highest BCUT2D eigenvalue weighted by atomic mass is 19.1. The first-order chi connectivity index (χ1) is 11.8. The zero-order valence-electron chi connectivity index (χ0n) is 13.1. The third-order valence-corrected chi connectivity index (χ3v) is 4.18. The number of hydrogen-bond acceptors (Lipinski definition) is 5. The van der Waals surface area contributed by atoms with E-state index >= 15 is 0 Å². The van der Waals surface area contributed by atoms with Crippen LogP contribution in [-0.2, 0) is 19.5 Å². The van der Waals surface area contributed by atoms with Gasteiger partial charge in [-0.1, -0.05) is 6.07 Å². The standard InChI is InChI=1S/C18H16FN5/c19-17-14(2-1-6-21-17)11-24-9-5-16-15(12-24)10-22-18(23-16)13-3-7-20-8-4-13/h1-4,6-8,10H,5,9,11-12H2. The topological polar surface area (TPSA) is 54.8 Å². The Hall–Kier alpha value is -2.73. The number of rotatable bonds is 3. The molecule has 0 radical (unpaired) electrons. The molecule has 0 saturated carbocycles. The van der Waals surface area contributed by atoms with Crippen LogP contribution in [0.15, 0.2) is 49.1 Å². The molecule has 4 rings (SSSR count). The molecule has 24 heavy (non-hydrogen) atoms. The fourth-order valence-corrected chi connectivity index (χ4v) is 2.93. The smallest absolute Gasteiger partial charge is 0.217 e. The second kappa shape index (κ2) is 6.41. The van der Waals surface area contributed by atoms with Crippen molar-refractivity contribution in [2.24, 2.45) is 0 Å². The minimum Gasteiger partial charge on any atom is -0.294 e. The van der Waals surface area contributed by atoms with Gasteiger partial charge in [0, 0.05) is 67.5 Å². The lowest BCUT2D eigenvalue weighted by atomic mass is 10.1. The van der Waals surface area contributed by atoms with Crippen molar-refractivity contribution in [1.82, 2.24) is 24.8 Å². The summed E-state index contributed by atoms with van der Waals surface area (Å²) in [7, 11) is 0. The lowest BCUT2D eigenvalue weighted by molar-refractivity contribution is 0.239. The van der Waals surface area contributed by atoms with Crippen LogP contribution in [0.5, 0.6) is 0 Å². The van der Waals surface area contributed by atoms with Gasteiger partial charge in [0.15, 0.2) is 5.82 Å². The Balaban J connectivity index is 1.53. The highest BCUT2D eigenvalue weighted by Gasteiger charge is 2.20. The second-order valence-corrected chi connectivity index (χ2v) is 5.82. The molecule has 0 fully saturated rings. The van der Waals surface area contributed by atoms with Crippen LogP contribution in [0.1, 0.15) is 16.8 Å². The molecule has 120 valence electrons. The first kappa shape index (κ1) is 14.8. The zero-order valence-corrected chi connectivity index (χ0v) is 13.1. The van der Waals surface area contributed by atoms with Gasteiger partial charge in [-0.2, -0.15) is 4.39 Å². The molecule has 0 saturated heterocycles. The van der Waals surface area contributed by atoms with Gasteiger partial charge in [0.1, 0.15) is 0 Å². The summed E-state index contributed by atoms with van der Waals surface area (Å²) in [5, 5.41) is 0. The van der Waals surface area contributed by atoms with E-state index in [1.54, 1.807) is 24.5 Å². The number of fused-ring (bicyclic) bond motifs is 1. The molecule has 1 aliphatic rings. The van der Waals surface area contributed by atoms with Gasteiger partial charge in [0.2, 0.25) is 5.95 Å². The van der Waals surface area contributed by atoms with Gasteiger partial charge in [0.05, 0.1) is 5.69 Å². The Bertz CT molecular complexity index is 853. The largest absolute Gasteiger partial charge is 0.294 e. The summed E-state index contributed by atoms with van der Waals surface area (Å²) in [5.74, 6) is 0.329. The van der Waals surface area contributed by atoms with Gasteiger partial charge < -0.3 is 0 Å². The van der Waals surface area contributed by atoms with Crippen LogP contribution < -0.4 is 0 Å². The van der Waals surface area contributed by atoms with Crippen LogP contribution in [0.4, 0.5) is 4.39 Å². The van der Waals surface area contributed by atoms with E-state index in [9.17, 15) is 4.39 Å². The van der Waals surface area contributed by atoms with Crippen molar-refractivity contribution in [2.45, 2.75) is 19.5 Å². The summed E-state index contributed by atoms with van der Waals surface area (Å²) in [4.78, 5) is 19.1. The summed E-state index contributed by atoms with van der Waals surface area (Å²) in [6.45, 7) is 2.11. The molecule has 4 heterocycles. The van der Waals surface area contributed by atoms with E-state index in [0.717, 1.165) is 42.2 Å². The van der Waals surface area contributed by atoms with E-state index in [4.69, 9.17) is 4.98 Å². The van der Waals surface area contributed by atoms with Crippen LogP contribution in [0, 0.1) is 5.95 Å². The van der Waals surface area contributed by atoms with Gasteiger partial charge in [-0.15, -0.1) is 0 Å². The van der Waals surface area contributed by atoms with E-state index in [-0.39, 0.29) is 0 Å². The molecule has 0 spiro atoms. The van der Waals surface area contributed by atoms with Gasteiger partial charge in [-0.05, 0) is 18.2 Å². The highest BCUT2D eigenvalue weighted by molar-refractivity contribution is 5.54. The maximum atomic E-state index is 13.7. The summed E-state index contributed by atoms with van der Waals surface area (Å²) in [6, 6.07) is 7.35. The van der Waals surface area contributed by atoms with E-state index in [1.807, 2.05) is 18.3 Å². The summed E-state index contributed by atoms with van der Waals surface area (Å²) in [5.41, 5.74) is 3.76. The molecular weight excluding hydrogens is 305 g/mol. The Morgan fingerprint density at radius 2 is 1.96 bits per heavy atom. The number of halogens is 1. The lowest BCUT2D eigenvalue weighted by Crippen LogP contribution is -2.31. The molecule has 3 aromatic heterocycles. The Labute approximate surface area is 139 Å². The van der Waals surface area contributed by atoms with Gasteiger partial charge in [0.25, 0.3) is 0 Å². The fourth-order valence-electron chi connectivity index (χ4n) is 2.93. The molecule has 0 atom stereocenters. The third-order valence-electron chi connectivity index (χ3n) is 4.18. The molecule has 0 unspecified atom stereocenters. The molecule has 5 nitrogen and oxygen atoms in total. The summed E-state index contributed by atoms with van der Waals surface area (Å²) >= 11 is 0. The van der Waals surface area contributed by atoms with Crippen molar-refractivity contribution in [1.29, 1.82) is 0 Å². The molecule has 0 N–H and O–H groups in total. The Morgan fingerprint density at radius 1 is 1.08 bits per heavy atom. The van der Waals surface area contributed by atoms with Crippen molar-refractivity contribution < 1.29 is 4.39 Å². The van der Waals surface area contributed by atoms with Gasteiger partial charge in [-0.25, -0.2) is 15.0 Å². The molecule has 0 aromatic carbocycles. The Kier molecular flexibility index (Phi) is 3.96. The normalized spacial score (nSPS) is 14.4. The summed E-state index contributed by atoms with van der Waals surface area (Å²) < 4.78 is 13.7. The monoisotopic (exact) mass is 321 g/mol. The lowest BCUT2D eigenvalue weighted by Gasteiger charge is -2.28. The van der Waals surface area contributed by atoms with E-state index < -0.39 is 5.95 Å².